The lowest BCUT2D eigenvalue weighted by Crippen LogP contribution is -2.14. The molecule has 0 spiro atoms. The van der Waals surface area contributed by atoms with E-state index in [1.807, 2.05) is 54.9 Å². The lowest BCUT2D eigenvalue weighted by molar-refractivity contribution is 0.102. The molecular formula is C21H18N4O2S. The van der Waals surface area contributed by atoms with Gasteiger partial charge in [-0.25, -0.2) is 9.67 Å². The Morgan fingerprint density at radius 3 is 2.86 bits per heavy atom. The number of hydrogen-bond acceptors (Lipinski definition) is 5. The smallest absolute Gasteiger partial charge is 0.255 e. The fourth-order valence-corrected chi connectivity index (χ4v) is 3.34. The molecule has 4 aromatic rings. The Hall–Kier alpha value is -3.45. The summed E-state index contributed by atoms with van der Waals surface area (Å²) in [7, 11) is 0. The van der Waals surface area contributed by atoms with Crippen LogP contribution in [0, 0.1) is 6.92 Å². The maximum absolute atomic E-state index is 12.8. The van der Waals surface area contributed by atoms with E-state index in [4.69, 9.17) is 4.74 Å². The molecule has 1 amide bonds. The normalized spacial score (nSPS) is 10.6. The van der Waals surface area contributed by atoms with Gasteiger partial charge in [-0.1, -0.05) is 18.2 Å². The van der Waals surface area contributed by atoms with Gasteiger partial charge in [0.25, 0.3) is 5.91 Å². The minimum atomic E-state index is -0.213. The van der Waals surface area contributed by atoms with Gasteiger partial charge in [-0.2, -0.15) is 5.10 Å². The van der Waals surface area contributed by atoms with E-state index in [0.717, 1.165) is 16.4 Å². The summed E-state index contributed by atoms with van der Waals surface area (Å²) in [5, 5.41) is 10.2. The van der Waals surface area contributed by atoms with Gasteiger partial charge in [0.2, 0.25) is 0 Å². The Balaban J connectivity index is 1.48. The second-order valence-electron chi connectivity index (χ2n) is 6.10. The molecule has 0 radical (unpaired) electrons. The molecule has 7 heteroatoms. The molecule has 0 saturated heterocycles. The molecule has 0 aliphatic carbocycles. The van der Waals surface area contributed by atoms with Gasteiger partial charge < -0.3 is 10.1 Å². The topological polar surface area (TPSA) is 69.0 Å². The third-order valence-corrected chi connectivity index (χ3v) is 4.88. The van der Waals surface area contributed by atoms with Crippen LogP contribution in [-0.4, -0.2) is 20.7 Å². The lowest BCUT2D eigenvalue weighted by Gasteiger charge is -2.12. The van der Waals surface area contributed by atoms with E-state index >= 15 is 0 Å². The van der Waals surface area contributed by atoms with Gasteiger partial charge in [-0.05, 0) is 43.3 Å². The molecule has 140 valence electrons. The van der Waals surface area contributed by atoms with Gasteiger partial charge in [0.05, 0.1) is 22.1 Å². The van der Waals surface area contributed by atoms with Crippen LogP contribution in [-0.2, 0) is 6.61 Å². The number of benzene rings is 2. The molecule has 1 N–H and O–H groups in total. The number of aromatic nitrogens is 3. The van der Waals surface area contributed by atoms with Crippen LogP contribution in [0.15, 0.2) is 72.4 Å². The highest BCUT2D eigenvalue weighted by atomic mass is 32.1. The molecule has 2 aromatic heterocycles. The first-order chi connectivity index (χ1) is 13.7. The van der Waals surface area contributed by atoms with Gasteiger partial charge in [0.15, 0.2) is 0 Å². The summed E-state index contributed by atoms with van der Waals surface area (Å²) in [6.45, 7) is 2.33. The Morgan fingerprint density at radius 1 is 1.18 bits per heavy atom. The second-order valence-corrected chi connectivity index (χ2v) is 7.16. The van der Waals surface area contributed by atoms with E-state index in [-0.39, 0.29) is 5.91 Å². The zero-order valence-corrected chi connectivity index (χ0v) is 16.0. The molecule has 2 aromatic carbocycles. The van der Waals surface area contributed by atoms with Crippen LogP contribution in [0.3, 0.4) is 0 Å². The first kappa shape index (κ1) is 17.9. The number of amides is 1. The standard InChI is InChI=1S/C21H18N4O2S/c1-15-23-17(14-28-15)13-27-18-7-4-6-16(12-18)21(26)24-19-8-2-3-9-20(19)25-11-5-10-22-25/h2-12,14H,13H2,1H3,(H,24,26). The summed E-state index contributed by atoms with van der Waals surface area (Å²) < 4.78 is 7.49. The molecule has 28 heavy (non-hydrogen) atoms. The zero-order chi connectivity index (χ0) is 19.3. The summed E-state index contributed by atoms with van der Waals surface area (Å²) >= 11 is 1.59. The quantitative estimate of drug-likeness (QED) is 0.527. The van der Waals surface area contributed by atoms with Crippen LogP contribution in [0.2, 0.25) is 0 Å². The summed E-state index contributed by atoms with van der Waals surface area (Å²) in [5.41, 5.74) is 2.88. The predicted octanol–water partition coefficient (Wildman–Crippen LogP) is 4.47. The van der Waals surface area contributed by atoms with Crippen molar-refractivity contribution in [3.05, 3.63) is 88.6 Å². The number of nitrogens with zero attached hydrogens (tertiary/aromatic N) is 3. The van der Waals surface area contributed by atoms with Crippen LogP contribution in [0.25, 0.3) is 5.69 Å². The van der Waals surface area contributed by atoms with Crippen LogP contribution >= 0.6 is 11.3 Å². The number of anilines is 1. The molecule has 0 unspecified atom stereocenters. The van der Waals surface area contributed by atoms with E-state index in [1.165, 1.54) is 0 Å². The van der Waals surface area contributed by atoms with Gasteiger partial charge in [0.1, 0.15) is 12.4 Å². The van der Waals surface area contributed by atoms with Crippen LogP contribution in [0.4, 0.5) is 5.69 Å². The summed E-state index contributed by atoms with van der Waals surface area (Å²) in [5.74, 6) is 0.410. The SMILES string of the molecule is Cc1nc(COc2cccc(C(=O)Nc3ccccc3-n3cccn3)c2)cs1. The Morgan fingerprint density at radius 2 is 2.07 bits per heavy atom. The third-order valence-electron chi connectivity index (χ3n) is 4.05. The van der Waals surface area contributed by atoms with Crippen molar-refractivity contribution in [3.63, 3.8) is 0 Å². The minimum absolute atomic E-state index is 0.213. The maximum atomic E-state index is 12.8. The predicted molar refractivity (Wildman–Crippen MR) is 109 cm³/mol. The molecule has 4 rings (SSSR count). The highest BCUT2D eigenvalue weighted by Crippen LogP contribution is 2.21. The Bertz CT molecular complexity index is 1090. The van der Waals surface area contributed by atoms with E-state index in [1.54, 1.807) is 40.4 Å². The highest BCUT2D eigenvalue weighted by molar-refractivity contribution is 7.09. The summed E-state index contributed by atoms with van der Waals surface area (Å²) in [6, 6.07) is 16.5. The molecule has 2 heterocycles. The molecule has 0 saturated carbocycles. The van der Waals surface area contributed by atoms with Crippen molar-refractivity contribution in [1.82, 2.24) is 14.8 Å². The fourth-order valence-electron chi connectivity index (χ4n) is 2.74. The van der Waals surface area contributed by atoms with Crippen LogP contribution < -0.4 is 10.1 Å². The minimum Gasteiger partial charge on any atom is -0.487 e. The monoisotopic (exact) mass is 390 g/mol. The number of thiazole rings is 1. The van der Waals surface area contributed by atoms with Crippen molar-refractivity contribution in [2.45, 2.75) is 13.5 Å². The zero-order valence-electron chi connectivity index (χ0n) is 15.2. The number of nitrogens with one attached hydrogen (secondary N) is 1. The number of aryl methyl sites for hydroxylation is 1. The number of carbonyl (C=O) groups is 1. The Kier molecular flexibility index (Phi) is 5.16. The number of hydrogen-bond donors (Lipinski definition) is 1. The van der Waals surface area contributed by atoms with E-state index in [9.17, 15) is 4.79 Å². The number of para-hydroxylation sites is 2. The average molecular weight is 390 g/mol. The molecule has 0 aliphatic heterocycles. The average Bonchev–Trinajstić information content (AvgIpc) is 3.39. The number of rotatable bonds is 6. The largest absolute Gasteiger partial charge is 0.487 e. The van der Waals surface area contributed by atoms with Crippen LogP contribution in [0.1, 0.15) is 21.1 Å². The van der Waals surface area contributed by atoms with E-state index < -0.39 is 0 Å². The Labute approximate surface area is 166 Å². The van der Waals surface area contributed by atoms with Gasteiger partial charge in [-0.15, -0.1) is 11.3 Å². The molecule has 0 aliphatic rings. The second kappa shape index (κ2) is 8.06. The summed E-state index contributed by atoms with van der Waals surface area (Å²) in [4.78, 5) is 17.1. The van der Waals surface area contributed by atoms with E-state index in [2.05, 4.69) is 15.4 Å². The van der Waals surface area contributed by atoms with Gasteiger partial charge in [0, 0.05) is 23.3 Å². The van der Waals surface area contributed by atoms with Crippen molar-refractivity contribution in [3.8, 4) is 11.4 Å². The van der Waals surface area contributed by atoms with Crippen molar-refractivity contribution in [2.75, 3.05) is 5.32 Å². The number of carbonyl (C=O) groups excluding carboxylic acids is 1. The van der Waals surface area contributed by atoms with Crippen molar-refractivity contribution in [2.24, 2.45) is 0 Å². The number of ether oxygens (including phenoxy) is 1. The van der Waals surface area contributed by atoms with Crippen molar-refractivity contribution in [1.29, 1.82) is 0 Å². The summed E-state index contributed by atoms with van der Waals surface area (Å²) in [6.07, 6.45) is 3.53. The lowest BCUT2D eigenvalue weighted by atomic mass is 10.2. The highest BCUT2D eigenvalue weighted by Gasteiger charge is 2.11. The van der Waals surface area contributed by atoms with E-state index in [0.29, 0.717) is 23.6 Å². The van der Waals surface area contributed by atoms with Gasteiger partial charge in [-0.3, -0.25) is 4.79 Å². The fraction of sp³-hybridized carbons (Fsp3) is 0.0952. The molecular weight excluding hydrogens is 372 g/mol. The molecule has 0 fully saturated rings. The first-order valence-electron chi connectivity index (χ1n) is 8.73. The van der Waals surface area contributed by atoms with Crippen molar-refractivity contribution >= 4 is 22.9 Å². The third kappa shape index (κ3) is 4.10. The molecule has 0 atom stereocenters. The van der Waals surface area contributed by atoms with Crippen LogP contribution in [0.5, 0.6) is 5.75 Å². The maximum Gasteiger partial charge on any atom is 0.255 e. The molecule has 0 bridgehead atoms. The molecule has 6 nitrogen and oxygen atoms in total. The van der Waals surface area contributed by atoms with Crippen molar-refractivity contribution < 1.29 is 9.53 Å². The first-order valence-corrected chi connectivity index (χ1v) is 9.61. The van der Waals surface area contributed by atoms with Gasteiger partial charge >= 0.3 is 0 Å².